The normalized spacial score (nSPS) is 14.8. The van der Waals surface area contributed by atoms with Crippen LogP contribution in [0.3, 0.4) is 0 Å². The number of nitriles is 1. The number of benzene rings is 2. The molecule has 2 aromatic carbocycles. The minimum Gasteiger partial charge on any atom is -0.488 e. The van der Waals surface area contributed by atoms with Gasteiger partial charge in [0, 0.05) is 11.1 Å². The van der Waals surface area contributed by atoms with Crippen molar-refractivity contribution in [2.24, 2.45) is 0 Å². The number of esters is 1. The molecule has 0 atom stereocenters. The standard InChI is InChI=1S/C21H16N2O4S2/c1-26-19(24)12-23-20(25)18(29-21(23)28)10-14-6-4-5-9-17(14)27-13-16-8-3-2-7-15(16)11-22/h2-10H,12-13H2,1H3/b18-10-. The number of carbonyl (C=O) groups excluding carboxylic acids is 2. The molecule has 1 amide bonds. The Labute approximate surface area is 177 Å². The highest BCUT2D eigenvalue weighted by molar-refractivity contribution is 8.26. The third kappa shape index (κ3) is 4.83. The zero-order valence-electron chi connectivity index (χ0n) is 15.5. The van der Waals surface area contributed by atoms with Crippen LogP contribution < -0.4 is 4.74 Å². The summed E-state index contributed by atoms with van der Waals surface area (Å²) in [6, 6.07) is 16.6. The van der Waals surface area contributed by atoms with E-state index < -0.39 is 5.97 Å². The van der Waals surface area contributed by atoms with Gasteiger partial charge in [0.15, 0.2) is 0 Å². The number of carbonyl (C=O) groups is 2. The van der Waals surface area contributed by atoms with Gasteiger partial charge in [-0.15, -0.1) is 0 Å². The minimum absolute atomic E-state index is 0.220. The van der Waals surface area contributed by atoms with Gasteiger partial charge in [-0.1, -0.05) is 60.4 Å². The van der Waals surface area contributed by atoms with Crippen LogP contribution in [0.15, 0.2) is 53.4 Å². The van der Waals surface area contributed by atoms with Gasteiger partial charge in [-0.25, -0.2) is 0 Å². The smallest absolute Gasteiger partial charge is 0.325 e. The molecule has 8 heteroatoms. The summed E-state index contributed by atoms with van der Waals surface area (Å²) >= 11 is 6.33. The van der Waals surface area contributed by atoms with E-state index in [9.17, 15) is 14.9 Å². The van der Waals surface area contributed by atoms with E-state index in [1.807, 2.05) is 30.3 Å². The maximum Gasteiger partial charge on any atom is 0.325 e. The fourth-order valence-corrected chi connectivity index (χ4v) is 3.86. The lowest BCUT2D eigenvalue weighted by molar-refractivity contribution is -0.143. The average molecular weight is 425 g/mol. The predicted molar refractivity (Wildman–Crippen MR) is 114 cm³/mol. The van der Waals surface area contributed by atoms with Crippen LogP contribution in [-0.4, -0.2) is 34.8 Å². The molecule has 0 bridgehead atoms. The molecular formula is C21H16N2O4S2. The van der Waals surface area contributed by atoms with Gasteiger partial charge in [0.05, 0.1) is 23.6 Å². The molecule has 0 saturated carbocycles. The summed E-state index contributed by atoms with van der Waals surface area (Å²) in [4.78, 5) is 25.7. The molecule has 1 fully saturated rings. The Hall–Kier alpha value is -3.15. The van der Waals surface area contributed by atoms with Crippen LogP contribution in [0.4, 0.5) is 0 Å². The molecule has 3 rings (SSSR count). The number of para-hydroxylation sites is 1. The first-order valence-corrected chi connectivity index (χ1v) is 9.78. The first kappa shape index (κ1) is 20.6. The molecule has 0 spiro atoms. The van der Waals surface area contributed by atoms with E-state index in [1.54, 1.807) is 24.3 Å². The van der Waals surface area contributed by atoms with Crippen molar-refractivity contribution in [1.29, 1.82) is 5.26 Å². The van der Waals surface area contributed by atoms with E-state index in [4.69, 9.17) is 17.0 Å². The summed E-state index contributed by atoms with van der Waals surface area (Å²) < 4.78 is 10.8. The van der Waals surface area contributed by atoms with Gasteiger partial charge in [-0.2, -0.15) is 5.26 Å². The summed E-state index contributed by atoms with van der Waals surface area (Å²) in [7, 11) is 1.26. The minimum atomic E-state index is -0.539. The second-order valence-electron chi connectivity index (χ2n) is 5.94. The second kappa shape index (κ2) is 9.37. The van der Waals surface area contributed by atoms with E-state index in [0.29, 0.717) is 26.1 Å². The molecular weight excluding hydrogens is 408 g/mol. The van der Waals surface area contributed by atoms with E-state index in [1.165, 1.54) is 12.0 Å². The number of thiocarbonyl (C=S) groups is 1. The van der Waals surface area contributed by atoms with Gasteiger partial charge in [-0.05, 0) is 18.2 Å². The molecule has 0 aliphatic carbocycles. The van der Waals surface area contributed by atoms with Crippen LogP contribution in [0, 0.1) is 11.3 Å². The average Bonchev–Trinajstić information content (AvgIpc) is 3.00. The molecule has 0 radical (unpaired) electrons. The number of thioether (sulfide) groups is 1. The van der Waals surface area contributed by atoms with E-state index >= 15 is 0 Å². The van der Waals surface area contributed by atoms with Gasteiger partial charge in [-0.3, -0.25) is 14.5 Å². The van der Waals surface area contributed by atoms with Gasteiger partial charge in [0.2, 0.25) is 0 Å². The molecule has 1 aliphatic heterocycles. The zero-order valence-corrected chi connectivity index (χ0v) is 17.1. The van der Waals surface area contributed by atoms with Crippen molar-refractivity contribution in [1.82, 2.24) is 4.90 Å². The predicted octanol–water partition coefficient (Wildman–Crippen LogP) is 3.51. The molecule has 1 saturated heterocycles. The molecule has 146 valence electrons. The van der Waals surface area contributed by atoms with Crippen molar-refractivity contribution in [2.45, 2.75) is 6.61 Å². The number of hydrogen-bond donors (Lipinski definition) is 0. The Morgan fingerprint density at radius 2 is 1.97 bits per heavy atom. The lowest BCUT2D eigenvalue weighted by Gasteiger charge is -2.12. The Kier molecular flexibility index (Phi) is 6.65. The molecule has 29 heavy (non-hydrogen) atoms. The second-order valence-corrected chi connectivity index (χ2v) is 7.62. The molecule has 1 aliphatic rings. The molecule has 2 aromatic rings. The van der Waals surface area contributed by atoms with Crippen LogP contribution in [0.2, 0.25) is 0 Å². The van der Waals surface area contributed by atoms with Crippen LogP contribution in [0.25, 0.3) is 6.08 Å². The monoisotopic (exact) mass is 424 g/mol. The summed E-state index contributed by atoms with van der Waals surface area (Å²) in [5.41, 5.74) is 2.02. The van der Waals surface area contributed by atoms with Crippen LogP contribution in [-0.2, 0) is 20.9 Å². The van der Waals surface area contributed by atoms with Crippen molar-refractivity contribution >= 4 is 46.3 Å². The Morgan fingerprint density at radius 3 is 2.72 bits per heavy atom. The number of nitrogens with zero attached hydrogens (tertiary/aromatic N) is 2. The molecule has 6 nitrogen and oxygen atoms in total. The number of ether oxygens (including phenoxy) is 2. The summed E-state index contributed by atoms with van der Waals surface area (Å²) in [5.74, 6) is -0.323. The van der Waals surface area contributed by atoms with Crippen molar-refractivity contribution in [2.75, 3.05) is 13.7 Å². The Bertz CT molecular complexity index is 1040. The largest absolute Gasteiger partial charge is 0.488 e. The van der Waals surface area contributed by atoms with Gasteiger partial charge >= 0.3 is 5.97 Å². The number of methoxy groups -OCH3 is 1. The first-order valence-electron chi connectivity index (χ1n) is 8.55. The summed E-state index contributed by atoms with van der Waals surface area (Å²) in [5, 5.41) is 9.21. The topological polar surface area (TPSA) is 79.6 Å². The molecule has 0 aromatic heterocycles. The first-order chi connectivity index (χ1) is 14.0. The third-order valence-electron chi connectivity index (χ3n) is 4.12. The Balaban J connectivity index is 1.80. The Morgan fingerprint density at radius 1 is 1.24 bits per heavy atom. The van der Waals surface area contributed by atoms with Crippen molar-refractivity contribution in [3.05, 3.63) is 70.1 Å². The highest BCUT2D eigenvalue weighted by Gasteiger charge is 2.33. The van der Waals surface area contributed by atoms with Crippen LogP contribution >= 0.6 is 24.0 Å². The van der Waals surface area contributed by atoms with E-state index in [2.05, 4.69) is 10.8 Å². The number of hydrogen-bond acceptors (Lipinski definition) is 7. The summed E-state index contributed by atoms with van der Waals surface area (Å²) in [6.07, 6.45) is 1.68. The van der Waals surface area contributed by atoms with E-state index in [0.717, 1.165) is 17.3 Å². The molecule has 1 heterocycles. The van der Waals surface area contributed by atoms with Crippen molar-refractivity contribution in [3.63, 3.8) is 0 Å². The van der Waals surface area contributed by atoms with Crippen LogP contribution in [0.1, 0.15) is 16.7 Å². The maximum atomic E-state index is 12.6. The maximum absolute atomic E-state index is 12.6. The summed E-state index contributed by atoms with van der Waals surface area (Å²) in [6.45, 7) is -0.000512. The van der Waals surface area contributed by atoms with Gasteiger partial charge in [0.1, 0.15) is 23.2 Å². The molecule has 0 N–H and O–H groups in total. The van der Waals surface area contributed by atoms with Gasteiger partial charge in [0.25, 0.3) is 5.91 Å². The lowest BCUT2D eigenvalue weighted by atomic mass is 10.1. The number of amides is 1. The quantitative estimate of drug-likeness (QED) is 0.399. The van der Waals surface area contributed by atoms with Crippen molar-refractivity contribution in [3.8, 4) is 11.8 Å². The fourth-order valence-electron chi connectivity index (χ4n) is 2.61. The van der Waals surface area contributed by atoms with Crippen LogP contribution in [0.5, 0.6) is 5.75 Å². The third-order valence-corrected chi connectivity index (χ3v) is 5.49. The number of rotatable bonds is 6. The zero-order chi connectivity index (χ0) is 20.8. The highest BCUT2D eigenvalue weighted by Crippen LogP contribution is 2.34. The lowest BCUT2D eigenvalue weighted by Crippen LogP contribution is -2.33. The molecule has 0 unspecified atom stereocenters. The fraction of sp³-hybridized carbons (Fsp3) is 0.143. The van der Waals surface area contributed by atoms with Crippen molar-refractivity contribution < 1.29 is 19.1 Å². The van der Waals surface area contributed by atoms with E-state index in [-0.39, 0.29) is 19.1 Å². The SMILES string of the molecule is COC(=O)CN1C(=O)/C(=C/c2ccccc2OCc2ccccc2C#N)SC1=S. The highest BCUT2D eigenvalue weighted by atomic mass is 32.2. The van der Waals surface area contributed by atoms with Gasteiger partial charge < -0.3 is 9.47 Å².